The number of benzene rings is 1. The highest BCUT2D eigenvalue weighted by Gasteiger charge is 2.11. The van der Waals surface area contributed by atoms with Crippen molar-refractivity contribution < 1.29 is 14.7 Å². The molecule has 1 rings (SSSR count). The number of anilines is 1. The minimum Gasteiger partial charge on any atom is -0.463 e. The van der Waals surface area contributed by atoms with Crippen LogP contribution in [0, 0.1) is 0 Å². The normalized spacial score (nSPS) is 8.62. The van der Waals surface area contributed by atoms with Crippen LogP contribution in [0.4, 0.5) is 10.5 Å². The zero-order valence-corrected chi connectivity index (χ0v) is 6.54. The lowest BCUT2D eigenvalue weighted by molar-refractivity contribution is 0.202. The van der Waals surface area contributed by atoms with E-state index in [0.717, 1.165) is 0 Å². The predicted octanol–water partition coefficient (Wildman–Crippen LogP) is 1.42. The van der Waals surface area contributed by atoms with Crippen molar-refractivity contribution in [3.05, 3.63) is 30.3 Å². The van der Waals surface area contributed by atoms with Gasteiger partial charge in [-0.15, -0.1) is 0 Å². The van der Waals surface area contributed by atoms with Gasteiger partial charge in [-0.2, -0.15) is 5.01 Å². The molecule has 0 unspecified atom stereocenters. The number of rotatable bonds is 2. The van der Waals surface area contributed by atoms with E-state index in [1.165, 1.54) is 18.2 Å². The number of hydrogen-bond acceptors (Lipinski definition) is 3. The largest absolute Gasteiger partial charge is 0.463 e. The molecule has 0 fully saturated rings. The molecule has 1 amide bonds. The number of hydrogen-bond donors (Lipinski definition) is 1. The first kappa shape index (κ1) is 8.96. The van der Waals surface area contributed by atoms with E-state index in [4.69, 9.17) is 5.11 Å². The zero-order chi connectivity index (χ0) is 9.68. The summed E-state index contributed by atoms with van der Waals surface area (Å²) in [6.45, 7) is 0. The summed E-state index contributed by atoms with van der Waals surface area (Å²) >= 11 is 0. The number of hydrazone groups is 1. The maximum Gasteiger partial charge on any atom is 0.433 e. The van der Waals surface area contributed by atoms with E-state index >= 15 is 0 Å². The number of isocyanates is 1. The van der Waals surface area contributed by atoms with Crippen LogP contribution in [0.3, 0.4) is 0 Å². The van der Waals surface area contributed by atoms with E-state index in [9.17, 15) is 9.59 Å². The molecular weight excluding hydrogens is 172 g/mol. The summed E-state index contributed by atoms with van der Waals surface area (Å²) in [6.07, 6.45) is -0.157. The third kappa shape index (κ3) is 2.15. The van der Waals surface area contributed by atoms with E-state index in [0.29, 0.717) is 10.7 Å². The van der Waals surface area contributed by atoms with Gasteiger partial charge in [0, 0.05) is 0 Å². The summed E-state index contributed by atoms with van der Waals surface area (Å²) in [6, 6.07) is 8.06. The molecule has 1 aromatic rings. The lowest BCUT2D eigenvalue weighted by Gasteiger charge is -2.09. The van der Waals surface area contributed by atoms with Gasteiger partial charge < -0.3 is 5.11 Å². The molecular formula is C8H6N2O3. The molecule has 0 heterocycles. The second kappa shape index (κ2) is 4.04. The standard InChI is InChI=1S/C8H6N2O3/c11-6-9-10(8(12)13)7-4-2-1-3-5-7/h1-5H,(H,12,13). The van der Waals surface area contributed by atoms with Crippen molar-refractivity contribution in [3.63, 3.8) is 0 Å². The zero-order valence-electron chi connectivity index (χ0n) is 6.54. The summed E-state index contributed by atoms with van der Waals surface area (Å²) in [7, 11) is 0. The van der Waals surface area contributed by atoms with Crippen LogP contribution < -0.4 is 5.01 Å². The van der Waals surface area contributed by atoms with E-state index in [2.05, 4.69) is 5.10 Å². The monoisotopic (exact) mass is 178 g/mol. The summed E-state index contributed by atoms with van der Waals surface area (Å²) < 4.78 is 0. The van der Waals surface area contributed by atoms with E-state index in [1.54, 1.807) is 18.2 Å². The quantitative estimate of drug-likeness (QED) is 0.423. The third-order valence-electron chi connectivity index (χ3n) is 1.32. The Balaban J connectivity index is 3.02. The van der Waals surface area contributed by atoms with Crippen molar-refractivity contribution in [2.24, 2.45) is 5.10 Å². The van der Waals surface area contributed by atoms with Crippen LogP contribution in [0.15, 0.2) is 35.4 Å². The molecule has 13 heavy (non-hydrogen) atoms. The Bertz CT molecular complexity index is 342. The van der Waals surface area contributed by atoms with Gasteiger partial charge in [0.15, 0.2) is 0 Å². The molecule has 5 heteroatoms. The topological polar surface area (TPSA) is 70.0 Å². The van der Waals surface area contributed by atoms with Gasteiger partial charge in [-0.1, -0.05) is 23.3 Å². The molecule has 0 bridgehead atoms. The summed E-state index contributed by atoms with van der Waals surface area (Å²) in [5.41, 5.74) is 0.304. The van der Waals surface area contributed by atoms with Gasteiger partial charge in [0.1, 0.15) is 0 Å². The van der Waals surface area contributed by atoms with Gasteiger partial charge in [0.2, 0.25) is 0 Å². The van der Waals surface area contributed by atoms with Crippen LogP contribution in [-0.2, 0) is 4.79 Å². The Kier molecular flexibility index (Phi) is 2.78. The second-order valence-corrected chi connectivity index (χ2v) is 2.12. The lowest BCUT2D eigenvalue weighted by Crippen LogP contribution is -2.22. The second-order valence-electron chi connectivity index (χ2n) is 2.12. The van der Waals surface area contributed by atoms with Crippen molar-refractivity contribution in [1.82, 2.24) is 0 Å². The molecule has 0 radical (unpaired) electrons. The highest BCUT2D eigenvalue weighted by atomic mass is 16.4. The smallest absolute Gasteiger partial charge is 0.433 e. The van der Waals surface area contributed by atoms with E-state index in [1.807, 2.05) is 0 Å². The summed E-state index contributed by atoms with van der Waals surface area (Å²) in [5.74, 6) is 0. The molecule has 0 aliphatic carbocycles. The summed E-state index contributed by atoms with van der Waals surface area (Å²) in [4.78, 5) is 20.4. The highest BCUT2D eigenvalue weighted by Crippen LogP contribution is 2.12. The SMILES string of the molecule is O=C=NN(C(=O)O)c1ccccc1. The molecule has 0 atom stereocenters. The van der Waals surface area contributed by atoms with Crippen molar-refractivity contribution in [2.75, 3.05) is 5.01 Å². The Labute approximate surface area is 73.9 Å². The van der Waals surface area contributed by atoms with Crippen molar-refractivity contribution >= 4 is 17.9 Å². The van der Waals surface area contributed by atoms with Gasteiger partial charge in [-0.25, -0.2) is 9.59 Å². The maximum absolute atomic E-state index is 10.5. The van der Waals surface area contributed by atoms with Crippen LogP contribution in [-0.4, -0.2) is 17.3 Å². The highest BCUT2D eigenvalue weighted by molar-refractivity contribution is 5.85. The first-order chi connectivity index (χ1) is 6.25. The molecule has 66 valence electrons. The van der Waals surface area contributed by atoms with Crippen molar-refractivity contribution in [3.8, 4) is 0 Å². The fourth-order valence-electron chi connectivity index (χ4n) is 0.821. The molecule has 0 spiro atoms. The third-order valence-corrected chi connectivity index (χ3v) is 1.32. The molecule has 0 aliphatic rings. The maximum atomic E-state index is 10.5. The number of carbonyl (C=O) groups excluding carboxylic acids is 1. The van der Waals surface area contributed by atoms with E-state index < -0.39 is 6.09 Å². The minimum atomic E-state index is -1.32. The molecule has 0 aliphatic heterocycles. The van der Waals surface area contributed by atoms with Crippen LogP contribution in [0.25, 0.3) is 0 Å². The molecule has 0 saturated carbocycles. The van der Waals surface area contributed by atoms with Gasteiger partial charge in [-0.3, -0.25) is 0 Å². The lowest BCUT2D eigenvalue weighted by atomic mass is 10.3. The number of nitrogens with zero attached hydrogens (tertiary/aromatic N) is 2. The summed E-state index contributed by atoms with van der Waals surface area (Å²) in [5, 5.41) is 12.2. The number of para-hydroxylation sites is 1. The van der Waals surface area contributed by atoms with Crippen LogP contribution in [0.5, 0.6) is 0 Å². The fourth-order valence-corrected chi connectivity index (χ4v) is 0.821. The van der Waals surface area contributed by atoms with Gasteiger partial charge in [0.05, 0.1) is 5.69 Å². The first-order valence-electron chi connectivity index (χ1n) is 3.41. The van der Waals surface area contributed by atoms with Crippen LogP contribution >= 0.6 is 0 Å². The van der Waals surface area contributed by atoms with Gasteiger partial charge in [-0.05, 0) is 12.1 Å². The number of carbonyl (C=O) groups is 1. The number of amides is 1. The fraction of sp³-hybridized carbons (Fsp3) is 0. The Morgan fingerprint density at radius 1 is 1.38 bits per heavy atom. The predicted molar refractivity (Wildman–Crippen MR) is 45.1 cm³/mol. The molecule has 5 nitrogen and oxygen atoms in total. The van der Waals surface area contributed by atoms with E-state index in [-0.39, 0.29) is 0 Å². The molecule has 0 aromatic heterocycles. The van der Waals surface area contributed by atoms with Gasteiger partial charge >= 0.3 is 6.09 Å². The Hall–Kier alpha value is -2.13. The van der Waals surface area contributed by atoms with Crippen LogP contribution in [0.1, 0.15) is 0 Å². The average molecular weight is 178 g/mol. The van der Waals surface area contributed by atoms with Crippen molar-refractivity contribution in [1.29, 1.82) is 0 Å². The molecule has 0 saturated heterocycles. The average Bonchev–Trinajstić information content (AvgIpc) is 2.15. The Morgan fingerprint density at radius 3 is 2.46 bits per heavy atom. The van der Waals surface area contributed by atoms with Crippen molar-refractivity contribution in [2.45, 2.75) is 0 Å². The molecule has 1 N–H and O–H groups in total. The molecule has 1 aromatic carbocycles. The van der Waals surface area contributed by atoms with Crippen LogP contribution in [0.2, 0.25) is 0 Å². The Morgan fingerprint density at radius 2 is 2.00 bits per heavy atom. The first-order valence-corrected chi connectivity index (χ1v) is 3.41. The van der Waals surface area contributed by atoms with Gasteiger partial charge in [0.25, 0.3) is 6.08 Å². The number of carboxylic acid groups (broad SMARTS) is 1. The minimum absolute atomic E-state index is 0.304.